The number of hydrogen-bond donors (Lipinski definition) is 2. The molecule has 0 bridgehead atoms. The van der Waals surface area contributed by atoms with Gasteiger partial charge in [-0.2, -0.15) is 5.10 Å². The molecule has 7 nitrogen and oxygen atoms in total. The molecule has 7 heteroatoms. The van der Waals surface area contributed by atoms with Crippen molar-refractivity contribution in [2.24, 2.45) is 22.0 Å². The number of aryl methyl sites for hydroxylation is 1. The Morgan fingerprint density at radius 1 is 1.16 bits per heavy atom. The summed E-state index contributed by atoms with van der Waals surface area (Å²) in [5, 5.41) is 15.9. The SMILES string of the molecule is CC1=NN=C(N2CCC(C(=O)NCCCN(C)C)CC2)C2NC(c3ccc(C)cc3)=CC12. The largest absolute Gasteiger partial charge is 0.374 e. The number of amidine groups is 1. The molecule has 0 saturated carbocycles. The summed E-state index contributed by atoms with van der Waals surface area (Å²) in [5.41, 5.74) is 4.65. The first-order valence-electron chi connectivity index (χ1n) is 11.8. The van der Waals surface area contributed by atoms with Gasteiger partial charge in [0.15, 0.2) is 5.84 Å². The number of hydrogen-bond acceptors (Lipinski definition) is 6. The summed E-state index contributed by atoms with van der Waals surface area (Å²) < 4.78 is 0. The average molecular weight is 437 g/mol. The van der Waals surface area contributed by atoms with Crippen molar-refractivity contribution >= 4 is 23.2 Å². The van der Waals surface area contributed by atoms with Crippen molar-refractivity contribution in [2.75, 3.05) is 40.3 Å². The van der Waals surface area contributed by atoms with Crippen molar-refractivity contribution in [2.45, 2.75) is 39.2 Å². The van der Waals surface area contributed by atoms with Gasteiger partial charge < -0.3 is 20.4 Å². The second kappa shape index (κ2) is 9.86. The number of piperidine rings is 1. The van der Waals surface area contributed by atoms with E-state index >= 15 is 0 Å². The number of nitrogens with one attached hydrogen (secondary N) is 2. The van der Waals surface area contributed by atoms with Crippen LogP contribution in [0, 0.1) is 18.8 Å². The quantitative estimate of drug-likeness (QED) is 0.672. The van der Waals surface area contributed by atoms with Crippen molar-refractivity contribution in [3.63, 3.8) is 0 Å². The lowest BCUT2D eigenvalue weighted by Gasteiger charge is -2.37. The van der Waals surface area contributed by atoms with Gasteiger partial charge in [0.2, 0.25) is 5.91 Å². The summed E-state index contributed by atoms with van der Waals surface area (Å²) in [6.07, 6.45) is 4.99. The highest BCUT2D eigenvalue weighted by Gasteiger charge is 2.39. The Hall–Kier alpha value is -2.67. The van der Waals surface area contributed by atoms with Gasteiger partial charge in [-0.05, 0) is 65.4 Å². The zero-order chi connectivity index (χ0) is 22.7. The van der Waals surface area contributed by atoms with Gasteiger partial charge >= 0.3 is 0 Å². The fourth-order valence-electron chi connectivity index (χ4n) is 4.72. The highest BCUT2D eigenvalue weighted by atomic mass is 16.1. The third kappa shape index (κ3) is 5.04. The first-order valence-corrected chi connectivity index (χ1v) is 11.8. The molecule has 4 rings (SSSR count). The maximum atomic E-state index is 12.6. The van der Waals surface area contributed by atoms with E-state index < -0.39 is 0 Å². The number of nitrogens with zero attached hydrogens (tertiary/aromatic N) is 4. The van der Waals surface area contributed by atoms with E-state index in [1.165, 1.54) is 11.1 Å². The maximum Gasteiger partial charge on any atom is 0.223 e. The number of fused-ring (bicyclic) bond motifs is 1. The molecule has 2 atom stereocenters. The Balaban J connectivity index is 1.34. The molecule has 32 heavy (non-hydrogen) atoms. The smallest absolute Gasteiger partial charge is 0.223 e. The van der Waals surface area contributed by atoms with Gasteiger partial charge in [-0.25, -0.2) is 0 Å². The minimum Gasteiger partial charge on any atom is -0.374 e. The third-order valence-corrected chi connectivity index (χ3v) is 6.72. The van der Waals surface area contributed by atoms with Crippen molar-refractivity contribution in [3.8, 4) is 0 Å². The molecule has 172 valence electrons. The van der Waals surface area contributed by atoms with Crippen LogP contribution in [0.5, 0.6) is 0 Å². The van der Waals surface area contributed by atoms with E-state index in [2.05, 4.69) is 88.9 Å². The van der Waals surface area contributed by atoms with E-state index in [0.717, 1.165) is 62.7 Å². The van der Waals surface area contributed by atoms with Gasteiger partial charge in [0.05, 0.1) is 6.04 Å². The fraction of sp³-hybridized carbons (Fsp3) is 0.560. The van der Waals surface area contributed by atoms with Crippen LogP contribution in [0.15, 0.2) is 40.5 Å². The number of rotatable bonds is 6. The molecule has 1 fully saturated rings. The summed E-state index contributed by atoms with van der Waals surface area (Å²) in [4.78, 5) is 17.0. The first kappa shape index (κ1) is 22.5. The van der Waals surface area contributed by atoms with Gasteiger partial charge in [-0.15, -0.1) is 5.10 Å². The third-order valence-electron chi connectivity index (χ3n) is 6.72. The van der Waals surface area contributed by atoms with Gasteiger partial charge in [-0.3, -0.25) is 4.79 Å². The van der Waals surface area contributed by atoms with Crippen molar-refractivity contribution in [3.05, 3.63) is 41.5 Å². The van der Waals surface area contributed by atoms with Crippen LogP contribution >= 0.6 is 0 Å². The van der Waals surface area contributed by atoms with Crippen LogP contribution in [-0.4, -0.2) is 73.6 Å². The number of carbonyl (C=O) groups excluding carboxylic acids is 1. The van der Waals surface area contributed by atoms with E-state index in [-0.39, 0.29) is 23.8 Å². The van der Waals surface area contributed by atoms with E-state index in [1.807, 2.05) is 0 Å². The molecule has 0 spiro atoms. The van der Waals surface area contributed by atoms with E-state index in [0.29, 0.717) is 0 Å². The Labute approximate surface area is 191 Å². The summed E-state index contributed by atoms with van der Waals surface area (Å²) in [6, 6.07) is 8.73. The van der Waals surface area contributed by atoms with Crippen LogP contribution in [0.1, 0.15) is 37.3 Å². The Kier molecular flexibility index (Phi) is 6.94. The van der Waals surface area contributed by atoms with Crippen LogP contribution in [0.3, 0.4) is 0 Å². The lowest BCUT2D eigenvalue weighted by molar-refractivity contribution is -0.126. The summed E-state index contributed by atoms with van der Waals surface area (Å²) in [7, 11) is 4.11. The average Bonchev–Trinajstić information content (AvgIpc) is 3.24. The monoisotopic (exact) mass is 436 g/mol. The highest BCUT2D eigenvalue weighted by Crippen LogP contribution is 2.31. The molecule has 3 aliphatic rings. The molecular weight excluding hydrogens is 400 g/mol. The lowest BCUT2D eigenvalue weighted by atomic mass is 9.92. The second-order valence-corrected chi connectivity index (χ2v) is 9.50. The molecular formula is C25H36N6O. The molecule has 0 aliphatic carbocycles. The Morgan fingerprint density at radius 3 is 2.56 bits per heavy atom. The minimum atomic E-state index is 0.0913. The number of amides is 1. The molecule has 2 N–H and O–H groups in total. The number of benzene rings is 1. The molecule has 1 aromatic rings. The maximum absolute atomic E-state index is 12.6. The van der Waals surface area contributed by atoms with Crippen LogP contribution in [0.2, 0.25) is 0 Å². The van der Waals surface area contributed by atoms with Crippen LogP contribution < -0.4 is 10.6 Å². The van der Waals surface area contributed by atoms with Crippen LogP contribution in [0.4, 0.5) is 0 Å². The molecule has 1 aromatic carbocycles. The Morgan fingerprint density at radius 2 is 1.88 bits per heavy atom. The fourth-order valence-corrected chi connectivity index (χ4v) is 4.72. The lowest BCUT2D eigenvalue weighted by Crippen LogP contribution is -2.52. The predicted octanol–water partition coefficient (Wildman–Crippen LogP) is 2.49. The van der Waals surface area contributed by atoms with Crippen LogP contribution in [-0.2, 0) is 4.79 Å². The van der Waals surface area contributed by atoms with Gasteiger partial charge in [0.25, 0.3) is 0 Å². The standard InChI is InChI=1S/C25H36N6O/c1-17-6-8-19(9-7-17)22-16-21-18(2)28-29-24(23(21)27-22)31-14-10-20(11-15-31)25(32)26-12-5-13-30(3)4/h6-9,16,20-21,23,27H,5,10-15H2,1-4H3,(H,26,32). The molecule has 0 aromatic heterocycles. The molecule has 1 saturated heterocycles. The summed E-state index contributed by atoms with van der Waals surface area (Å²) in [6.45, 7) is 7.59. The topological polar surface area (TPSA) is 72.3 Å². The zero-order valence-corrected chi connectivity index (χ0v) is 19.8. The van der Waals surface area contributed by atoms with E-state index in [9.17, 15) is 4.79 Å². The Bertz CT molecular complexity index is 909. The molecule has 1 amide bonds. The number of likely N-dealkylation sites (tertiary alicyclic amines) is 1. The van der Waals surface area contributed by atoms with E-state index in [1.54, 1.807) is 0 Å². The van der Waals surface area contributed by atoms with Crippen molar-refractivity contribution < 1.29 is 4.79 Å². The van der Waals surface area contributed by atoms with Gasteiger partial charge in [0, 0.05) is 42.9 Å². The van der Waals surface area contributed by atoms with Crippen LogP contribution in [0.25, 0.3) is 5.70 Å². The first-order chi connectivity index (χ1) is 15.4. The predicted molar refractivity (Wildman–Crippen MR) is 131 cm³/mol. The normalized spacial score (nSPS) is 23.3. The van der Waals surface area contributed by atoms with E-state index in [4.69, 9.17) is 0 Å². The summed E-state index contributed by atoms with van der Waals surface area (Å²) >= 11 is 0. The molecule has 2 unspecified atom stereocenters. The molecule has 3 heterocycles. The minimum absolute atomic E-state index is 0.0913. The second-order valence-electron chi connectivity index (χ2n) is 9.50. The molecule has 0 radical (unpaired) electrons. The zero-order valence-electron chi connectivity index (χ0n) is 19.8. The highest BCUT2D eigenvalue weighted by molar-refractivity contribution is 6.02. The number of carbonyl (C=O) groups is 1. The van der Waals surface area contributed by atoms with Gasteiger partial charge in [0.1, 0.15) is 0 Å². The van der Waals surface area contributed by atoms with Crippen molar-refractivity contribution in [1.82, 2.24) is 20.4 Å². The molecule has 3 aliphatic heterocycles. The van der Waals surface area contributed by atoms with Crippen molar-refractivity contribution in [1.29, 1.82) is 0 Å². The van der Waals surface area contributed by atoms with Gasteiger partial charge in [-0.1, -0.05) is 29.8 Å². The summed E-state index contributed by atoms with van der Waals surface area (Å²) in [5.74, 6) is 1.51.